The van der Waals surface area contributed by atoms with Gasteiger partial charge in [-0.15, -0.1) is 11.8 Å². The number of carbonyl (C=O) groups excluding carboxylic acids is 1. The lowest BCUT2D eigenvalue weighted by Crippen LogP contribution is -2.22. The summed E-state index contributed by atoms with van der Waals surface area (Å²) in [5.74, 6) is 0.107. The van der Waals surface area contributed by atoms with Crippen molar-refractivity contribution in [1.29, 1.82) is 0 Å². The summed E-state index contributed by atoms with van der Waals surface area (Å²) in [5.41, 5.74) is 2.37. The van der Waals surface area contributed by atoms with Crippen LogP contribution < -0.4 is 10.7 Å². The average Bonchev–Trinajstić information content (AvgIpc) is 3.36. The minimum atomic E-state index is -0.312. The van der Waals surface area contributed by atoms with Crippen molar-refractivity contribution < 1.29 is 9.32 Å². The maximum atomic E-state index is 13.3. The van der Waals surface area contributed by atoms with E-state index in [-0.39, 0.29) is 29.3 Å². The van der Waals surface area contributed by atoms with E-state index in [0.717, 1.165) is 10.6 Å². The van der Waals surface area contributed by atoms with E-state index in [0.29, 0.717) is 33.1 Å². The average molecular weight is 518 g/mol. The molecule has 3 aromatic heterocycles. The van der Waals surface area contributed by atoms with Gasteiger partial charge >= 0.3 is 0 Å². The van der Waals surface area contributed by atoms with Crippen LogP contribution in [-0.2, 0) is 11.3 Å². The van der Waals surface area contributed by atoms with E-state index < -0.39 is 0 Å². The number of anilines is 1. The maximum absolute atomic E-state index is 13.3. The highest BCUT2D eigenvalue weighted by Gasteiger charge is 2.19. The monoisotopic (exact) mass is 517 g/mol. The maximum Gasteiger partial charge on any atom is 0.263 e. The highest BCUT2D eigenvalue weighted by atomic mass is 35.5. The second-order valence-electron chi connectivity index (χ2n) is 8.03. The summed E-state index contributed by atoms with van der Waals surface area (Å²) in [5, 5.41) is 7.86. The Morgan fingerprint density at radius 2 is 1.92 bits per heavy atom. The Labute approximate surface area is 215 Å². The van der Waals surface area contributed by atoms with Gasteiger partial charge in [0.2, 0.25) is 17.2 Å². The molecule has 180 valence electrons. The number of hydrogen-bond acceptors (Lipinski definition) is 7. The Bertz CT molecular complexity index is 1650. The van der Waals surface area contributed by atoms with Gasteiger partial charge in [0.1, 0.15) is 17.8 Å². The first-order valence-corrected chi connectivity index (χ1v) is 12.6. The van der Waals surface area contributed by atoms with Crippen molar-refractivity contribution in [3.63, 3.8) is 0 Å². The fraction of sp³-hybridized carbons (Fsp3) is 0.115. The minimum absolute atomic E-state index is 0.0502. The van der Waals surface area contributed by atoms with Gasteiger partial charge in [-0.1, -0.05) is 22.8 Å². The highest BCUT2D eigenvalue weighted by molar-refractivity contribution is 7.98. The van der Waals surface area contributed by atoms with Crippen LogP contribution in [-0.4, -0.2) is 31.9 Å². The number of aromatic nitrogens is 4. The summed E-state index contributed by atoms with van der Waals surface area (Å²) >= 11 is 7.55. The molecule has 2 aromatic carbocycles. The molecule has 0 unspecified atom stereocenters. The molecule has 0 atom stereocenters. The van der Waals surface area contributed by atoms with E-state index in [1.807, 2.05) is 37.4 Å². The number of thioether (sulfide) groups is 1. The van der Waals surface area contributed by atoms with Crippen LogP contribution in [0.2, 0.25) is 5.02 Å². The Hall–Kier alpha value is -3.95. The van der Waals surface area contributed by atoms with Crippen molar-refractivity contribution in [2.24, 2.45) is 0 Å². The van der Waals surface area contributed by atoms with Gasteiger partial charge < -0.3 is 14.4 Å². The van der Waals surface area contributed by atoms with E-state index in [1.165, 1.54) is 6.20 Å². The molecule has 1 amide bonds. The number of aryl methyl sites for hydroxylation is 1. The Morgan fingerprint density at radius 1 is 1.11 bits per heavy atom. The third-order valence-corrected chi connectivity index (χ3v) is 6.46. The van der Waals surface area contributed by atoms with Crippen LogP contribution in [0, 0.1) is 6.92 Å². The van der Waals surface area contributed by atoms with Crippen LogP contribution in [0.5, 0.6) is 0 Å². The molecular weight excluding hydrogens is 498 g/mol. The smallest absolute Gasteiger partial charge is 0.263 e. The molecule has 0 saturated carbocycles. The fourth-order valence-corrected chi connectivity index (χ4v) is 4.32. The molecule has 0 spiro atoms. The van der Waals surface area contributed by atoms with Crippen LogP contribution in [0.1, 0.15) is 5.69 Å². The van der Waals surface area contributed by atoms with Crippen molar-refractivity contribution in [2.45, 2.75) is 18.4 Å². The topological polar surface area (TPSA) is 103 Å². The molecule has 5 rings (SSSR count). The number of fused-ring (bicyclic) bond motifs is 1. The molecule has 36 heavy (non-hydrogen) atoms. The van der Waals surface area contributed by atoms with Crippen molar-refractivity contribution in [3.8, 4) is 22.8 Å². The normalized spacial score (nSPS) is 11.1. The number of rotatable bonds is 6. The number of pyridine rings is 2. The predicted octanol–water partition coefficient (Wildman–Crippen LogP) is 5.44. The minimum Gasteiger partial charge on any atom is -0.333 e. The molecule has 0 fully saturated rings. The quantitative estimate of drug-likeness (QED) is 0.299. The summed E-state index contributed by atoms with van der Waals surface area (Å²) < 4.78 is 7.06. The van der Waals surface area contributed by atoms with Gasteiger partial charge in [-0.3, -0.25) is 9.59 Å². The molecule has 0 aliphatic carbocycles. The molecule has 0 aliphatic heterocycles. The molecule has 10 heteroatoms. The molecule has 3 heterocycles. The van der Waals surface area contributed by atoms with Crippen molar-refractivity contribution >= 4 is 46.0 Å². The van der Waals surface area contributed by atoms with Gasteiger partial charge in [0, 0.05) is 33.1 Å². The summed E-state index contributed by atoms with van der Waals surface area (Å²) in [4.78, 5) is 36.3. The van der Waals surface area contributed by atoms with Crippen LogP contribution in [0.3, 0.4) is 0 Å². The first-order valence-electron chi connectivity index (χ1n) is 11.0. The van der Waals surface area contributed by atoms with Gasteiger partial charge in [-0.2, -0.15) is 4.98 Å². The van der Waals surface area contributed by atoms with Crippen LogP contribution in [0.15, 0.2) is 81.1 Å². The lowest BCUT2D eigenvalue weighted by Gasteiger charge is -2.13. The number of amides is 1. The number of nitrogens with zero attached hydrogens (tertiary/aromatic N) is 4. The first kappa shape index (κ1) is 23.8. The molecule has 0 bridgehead atoms. The molecule has 0 saturated heterocycles. The molecule has 0 aliphatic rings. The van der Waals surface area contributed by atoms with E-state index in [9.17, 15) is 9.59 Å². The zero-order chi connectivity index (χ0) is 25.2. The van der Waals surface area contributed by atoms with Gasteiger partial charge in [0.15, 0.2) is 0 Å². The van der Waals surface area contributed by atoms with Crippen LogP contribution >= 0.6 is 23.4 Å². The summed E-state index contributed by atoms with van der Waals surface area (Å²) in [6.07, 6.45) is 3.51. The van der Waals surface area contributed by atoms with E-state index >= 15 is 0 Å². The van der Waals surface area contributed by atoms with Crippen molar-refractivity contribution in [1.82, 2.24) is 19.7 Å². The molecule has 8 nitrogen and oxygen atoms in total. The molecule has 5 aromatic rings. The van der Waals surface area contributed by atoms with Crippen LogP contribution in [0.4, 0.5) is 5.69 Å². The van der Waals surface area contributed by atoms with E-state index in [2.05, 4.69) is 20.4 Å². The second-order valence-corrected chi connectivity index (χ2v) is 9.35. The lowest BCUT2D eigenvalue weighted by molar-refractivity contribution is -0.116. The van der Waals surface area contributed by atoms with Gasteiger partial charge in [0.25, 0.3) is 5.89 Å². The van der Waals surface area contributed by atoms with E-state index in [4.69, 9.17) is 16.1 Å². The zero-order valence-electron chi connectivity index (χ0n) is 19.4. The van der Waals surface area contributed by atoms with E-state index in [1.54, 1.807) is 52.7 Å². The third kappa shape index (κ3) is 4.89. The van der Waals surface area contributed by atoms with Gasteiger partial charge in [0.05, 0.1) is 5.39 Å². The number of halogens is 1. The third-order valence-electron chi connectivity index (χ3n) is 5.49. The number of carbonyl (C=O) groups is 1. The number of benzene rings is 2. The second kappa shape index (κ2) is 9.96. The predicted molar refractivity (Wildman–Crippen MR) is 141 cm³/mol. The molecular formula is C26H20ClN5O3S. The standard InChI is InChI=1S/C26H20ClN5O3S/c1-15-6-11-20-23(34)21(26-30-24(31-35-26)16-7-9-17(27)10-8-16)13-32(25(20)28-15)14-22(33)29-18-4-3-5-19(12-18)36-2/h3-13H,14H2,1-2H3,(H,29,33). The first-order chi connectivity index (χ1) is 17.4. The highest BCUT2D eigenvalue weighted by Crippen LogP contribution is 2.24. The van der Waals surface area contributed by atoms with Gasteiger partial charge in [-0.25, -0.2) is 4.98 Å². The molecule has 1 N–H and O–H groups in total. The van der Waals surface area contributed by atoms with Crippen LogP contribution in [0.25, 0.3) is 33.9 Å². The Kier molecular flexibility index (Phi) is 6.58. The van der Waals surface area contributed by atoms with Gasteiger partial charge in [-0.05, 0) is 67.8 Å². The largest absolute Gasteiger partial charge is 0.333 e. The Morgan fingerprint density at radius 3 is 2.69 bits per heavy atom. The fourth-order valence-electron chi connectivity index (χ4n) is 3.74. The molecule has 0 radical (unpaired) electrons. The number of nitrogens with one attached hydrogen (secondary N) is 1. The number of hydrogen-bond donors (Lipinski definition) is 1. The summed E-state index contributed by atoms with van der Waals surface area (Å²) in [7, 11) is 0. The van der Waals surface area contributed by atoms with Crippen molar-refractivity contribution in [3.05, 3.63) is 87.8 Å². The summed E-state index contributed by atoms with van der Waals surface area (Å²) in [6.45, 7) is 1.76. The summed E-state index contributed by atoms with van der Waals surface area (Å²) in [6, 6.07) is 18.0. The SMILES string of the molecule is CSc1cccc(NC(=O)Cn2cc(-c3nc(-c4ccc(Cl)cc4)no3)c(=O)c3ccc(C)nc32)c1. The Balaban J connectivity index is 1.53. The zero-order valence-corrected chi connectivity index (χ0v) is 20.9. The lowest BCUT2D eigenvalue weighted by atomic mass is 10.1. The van der Waals surface area contributed by atoms with Crippen molar-refractivity contribution in [2.75, 3.05) is 11.6 Å².